The van der Waals surface area contributed by atoms with E-state index in [1.165, 1.54) is 37.8 Å². The normalized spacial score (nSPS) is 19.2. The third-order valence-electron chi connectivity index (χ3n) is 3.91. The number of nitrogens with zero attached hydrogens (tertiary/aromatic N) is 1. The Labute approximate surface area is 114 Å². The number of thiocarbonyl (C=S) groups is 1. The van der Waals surface area contributed by atoms with Crippen LogP contribution in [0.15, 0.2) is 24.3 Å². The van der Waals surface area contributed by atoms with Gasteiger partial charge in [0.05, 0.1) is 0 Å². The molecule has 1 aromatic carbocycles. The first-order valence-electron chi connectivity index (χ1n) is 6.86. The van der Waals surface area contributed by atoms with E-state index in [-0.39, 0.29) is 0 Å². The van der Waals surface area contributed by atoms with Gasteiger partial charge in [-0.05, 0) is 37.2 Å². The van der Waals surface area contributed by atoms with Gasteiger partial charge in [0, 0.05) is 24.7 Å². The van der Waals surface area contributed by atoms with Crippen molar-refractivity contribution in [3.8, 4) is 0 Å². The molecule has 3 rings (SSSR count). The topological polar surface area (TPSA) is 29.3 Å². The highest BCUT2D eigenvalue weighted by Gasteiger charge is 2.33. The molecular formula is C15H20N2S. The van der Waals surface area contributed by atoms with Crippen LogP contribution in [0.4, 0.5) is 0 Å². The van der Waals surface area contributed by atoms with Crippen LogP contribution in [0.25, 0.3) is 0 Å². The molecule has 0 spiro atoms. The van der Waals surface area contributed by atoms with E-state index in [0.717, 1.165) is 24.1 Å². The zero-order chi connectivity index (χ0) is 12.5. The van der Waals surface area contributed by atoms with E-state index < -0.39 is 0 Å². The molecule has 0 radical (unpaired) electrons. The van der Waals surface area contributed by atoms with Crippen molar-refractivity contribution in [2.45, 2.75) is 38.3 Å². The maximum atomic E-state index is 5.81. The molecule has 0 amide bonds. The average Bonchev–Trinajstić information content (AvgIpc) is 3.22. The predicted octanol–water partition coefficient (Wildman–Crippen LogP) is 2.70. The Morgan fingerprint density at radius 1 is 1.22 bits per heavy atom. The van der Waals surface area contributed by atoms with Crippen LogP contribution in [0, 0.1) is 5.92 Å². The van der Waals surface area contributed by atoms with Crippen LogP contribution in [0.2, 0.25) is 0 Å². The van der Waals surface area contributed by atoms with Gasteiger partial charge in [0.2, 0.25) is 0 Å². The van der Waals surface area contributed by atoms with Gasteiger partial charge in [-0.2, -0.15) is 0 Å². The Hall–Kier alpha value is -0.930. The van der Waals surface area contributed by atoms with Gasteiger partial charge >= 0.3 is 0 Å². The summed E-state index contributed by atoms with van der Waals surface area (Å²) in [6, 6.07) is 9.11. The minimum absolute atomic E-state index is 0.521. The van der Waals surface area contributed by atoms with Crippen LogP contribution < -0.4 is 5.73 Å². The van der Waals surface area contributed by atoms with Crippen LogP contribution in [-0.4, -0.2) is 22.5 Å². The monoisotopic (exact) mass is 260 g/mol. The summed E-state index contributed by atoms with van der Waals surface area (Å²) in [6.07, 6.45) is 5.56. The van der Waals surface area contributed by atoms with Gasteiger partial charge in [-0.15, -0.1) is 0 Å². The highest BCUT2D eigenvalue weighted by molar-refractivity contribution is 7.80. The van der Waals surface area contributed by atoms with E-state index in [1.807, 2.05) is 12.1 Å². The molecule has 2 fully saturated rings. The van der Waals surface area contributed by atoms with Crippen LogP contribution >= 0.6 is 12.2 Å². The summed E-state index contributed by atoms with van der Waals surface area (Å²) in [5, 5.41) is 0. The van der Waals surface area contributed by atoms with Crippen LogP contribution in [0.5, 0.6) is 0 Å². The first-order chi connectivity index (χ1) is 8.74. The maximum Gasteiger partial charge on any atom is 0.104 e. The second-order valence-corrected chi connectivity index (χ2v) is 6.07. The molecule has 2 aliphatic rings. The van der Waals surface area contributed by atoms with Crippen LogP contribution in [0.3, 0.4) is 0 Å². The molecule has 0 atom stereocenters. The Kier molecular flexibility index (Phi) is 3.35. The fourth-order valence-corrected chi connectivity index (χ4v) is 2.73. The van der Waals surface area contributed by atoms with E-state index >= 15 is 0 Å². The zero-order valence-electron chi connectivity index (χ0n) is 10.6. The zero-order valence-corrected chi connectivity index (χ0v) is 11.5. The van der Waals surface area contributed by atoms with Gasteiger partial charge in [0.25, 0.3) is 0 Å². The summed E-state index contributed by atoms with van der Waals surface area (Å²) in [5.74, 6) is 0.947. The molecule has 2 nitrogen and oxygen atoms in total. The predicted molar refractivity (Wildman–Crippen MR) is 78.5 cm³/mol. The van der Waals surface area contributed by atoms with Crippen molar-refractivity contribution in [2.75, 3.05) is 6.54 Å². The fraction of sp³-hybridized carbons (Fsp3) is 0.533. The van der Waals surface area contributed by atoms with Crippen molar-refractivity contribution < 1.29 is 0 Å². The minimum atomic E-state index is 0.521. The lowest BCUT2D eigenvalue weighted by molar-refractivity contribution is 0.244. The first-order valence-corrected chi connectivity index (χ1v) is 7.26. The molecule has 0 heterocycles. The smallest absolute Gasteiger partial charge is 0.104 e. The Bertz CT molecular complexity index is 450. The van der Waals surface area contributed by atoms with Crippen molar-refractivity contribution in [3.63, 3.8) is 0 Å². The van der Waals surface area contributed by atoms with Crippen molar-refractivity contribution in [3.05, 3.63) is 35.4 Å². The minimum Gasteiger partial charge on any atom is -0.389 e. The second-order valence-electron chi connectivity index (χ2n) is 5.63. The summed E-state index contributed by atoms with van der Waals surface area (Å²) in [6.45, 7) is 2.27. The second kappa shape index (κ2) is 4.98. The third kappa shape index (κ3) is 2.90. The fourth-order valence-electron chi connectivity index (χ4n) is 2.53. The van der Waals surface area contributed by atoms with Crippen molar-refractivity contribution in [1.29, 1.82) is 0 Å². The molecule has 0 aliphatic heterocycles. The number of nitrogens with two attached hydrogens (primary N) is 1. The van der Waals surface area contributed by atoms with Gasteiger partial charge in [-0.25, -0.2) is 0 Å². The first kappa shape index (κ1) is 12.1. The molecule has 96 valence electrons. The number of rotatable bonds is 6. The summed E-state index contributed by atoms with van der Waals surface area (Å²) < 4.78 is 0. The lowest BCUT2D eigenvalue weighted by Crippen LogP contribution is -2.29. The summed E-state index contributed by atoms with van der Waals surface area (Å²) >= 11 is 5.14. The summed E-state index contributed by atoms with van der Waals surface area (Å²) in [5.41, 5.74) is 8.15. The standard InChI is InChI=1S/C15H20N2S/c16-15(18)14-4-2-1-3-12(14)10-17(13-7-8-13)9-11-5-6-11/h1-4,11,13H,5-10H2,(H2,16,18). The Morgan fingerprint density at radius 3 is 2.56 bits per heavy atom. The van der Waals surface area contributed by atoms with Gasteiger partial charge in [0.1, 0.15) is 4.99 Å². The molecular weight excluding hydrogens is 240 g/mol. The van der Waals surface area contributed by atoms with E-state index in [2.05, 4.69) is 17.0 Å². The van der Waals surface area contributed by atoms with Gasteiger partial charge in [0.15, 0.2) is 0 Å². The van der Waals surface area contributed by atoms with Crippen molar-refractivity contribution in [1.82, 2.24) is 4.90 Å². The number of benzene rings is 1. The molecule has 18 heavy (non-hydrogen) atoms. The lowest BCUT2D eigenvalue weighted by Gasteiger charge is -2.23. The molecule has 0 aromatic heterocycles. The molecule has 0 saturated heterocycles. The van der Waals surface area contributed by atoms with E-state index in [1.54, 1.807) is 0 Å². The van der Waals surface area contributed by atoms with E-state index in [0.29, 0.717) is 4.99 Å². The van der Waals surface area contributed by atoms with Gasteiger partial charge in [-0.3, -0.25) is 4.90 Å². The molecule has 2 aliphatic carbocycles. The number of hydrogen-bond donors (Lipinski definition) is 1. The highest BCUT2D eigenvalue weighted by atomic mass is 32.1. The molecule has 2 N–H and O–H groups in total. The van der Waals surface area contributed by atoms with Gasteiger partial charge < -0.3 is 5.73 Å². The van der Waals surface area contributed by atoms with E-state index in [4.69, 9.17) is 18.0 Å². The van der Waals surface area contributed by atoms with Gasteiger partial charge in [-0.1, -0.05) is 36.5 Å². The summed E-state index contributed by atoms with van der Waals surface area (Å²) in [4.78, 5) is 3.15. The lowest BCUT2D eigenvalue weighted by atomic mass is 10.1. The average molecular weight is 260 g/mol. The highest BCUT2D eigenvalue weighted by Crippen LogP contribution is 2.35. The van der Waals surface area contributed by atoms with Crippen LogP contribution in [-0.2, 0) is 6.54 Å². The van der Waals surface area contributed by atoms with Crippen LogP contribution in [0.1, 0.15) is 36.8 Å². The molecule has 1 aromatic rings. The quantitative estimate of drug-likeness (QED) is 0.797. The molecule has 0 unspecified atom stereocenters. The summed E-state index contributed by atoms with van der Waals surface area (Å²) in [7, 11) is 0. The van der Waals surface area contributed by atoms with E-state index in [9.17, 15) is 0 Å². The SMILES string of the molecule is NC(=S)c1ccccc1CN(CC1CC1)C1CC1. The van der Waals surface area contributed by atoms with Crippen molar-refractivity contribution >= 4 is 17.2 Å². The Morgan fingerprint density at radius 2 is 1.94 bits per heavy atom. The van der Waals surface area contributed by atoms with Crippen molar-refractivity contribution in [2.24, 2.45) is 11.7 Å². The molecule has 2 saturated carbocycles. The maximum absolute atomic E-state index is 5.81. The third-order valence-corrected chi connectivity index (χ3v) is 4.13. The Balaban J connectivity index is 1.74. The molecule has 0 bridgehead atoms. The number of hydrogen-bond acceptors (Lipinski definition) is 2. The molecule has 3 heteroatoms. The largest absolute Gasteiger partial charge is 0.389 e.